The fourth-order valence-corrected chi connectivity index (χ4v) is 3.57. The lowest BCUT2D eigenvalue weighted by Crippen LogP contribution is -1.97. The number of methoxy groups -OCH3 is 2. The minimum atomic E-state index is 0.666. The standard InChI is InChI=1S/C20H18N4O2S/c1-25-17-10-8-15(12-18(17)26-2)16-9-11-19-21-22-20(24(19)23-16)27-13-14-6-4-3-5-7-14/h3-12H,13H2,1-2H3. The lowest BCUT2D eigenvalue weighted by molar-refractivity contribution is 0.355. The van der Waals surface area contributed by atoms with Crippen LogP contribution in [0.4, 0.5) is 0 Å². The highest BCUT2D eigenvalue weighted by molar-refractivity contribution is 7.98. The van der Waals surface area contributed by atoms with Crippen molar-refractivity contribution < 1.29 is 9.47 Å². The summed E-state index contributed by atoms with van der Waals surface area (Å²) in [6.07, 6.45) is 0. The second-order valence-corrected chi connectivity index (χ2v) is 6.76. The maximum Gasteiger partial charge on any atom is 0.212 e. The van der Waals surface area contributed by atoms with E-state index in [2.05, 4.69) is 22.3 Å². The van der Waals surface area contributed by atoms with E-state index in [1.165, 1.54) is 5.56 Å². The number of fused-ring (bicyclic) bond motifs is 1. The Morgan fingerprint density at radius 1 is 0.889 bits per heavy atom. The summed E-state index contributed by atoms with van der Waals surface area (Å²) in [6, 6.07) is 19.9. The molecule has 6 nitrogen and oxygen atoms in total. The van der Waals surface area contributed by atoms with Crippen LogP contribution in [0.5, 0.6) is 11.5 Å². The zero-order chi connectivity index (χ0) is 18.6. The van der Waals surface area contributed by atoms with Crippen LogP contribution in [0, 0.1) is 0 Å². The van der Waals surface area contributed by atoms with Crippen LogP contribution in [-0.2, 0) is 5.75 Å². The summed E-state index contributed by atoms with van der Waals surface area (Å²) in [4.78, 5) is 0. The van der Waals surface area contributed by atoms with Crippen LogP contribution in [0.3, 0.4) is 0 Å². The van der Waals surface area contributed by atoms with Crippen molar-refractivity contribution in [1.82, 2.24) is 19.8 Å². The van der Waals surface area contributed by atoms with Gasteiger partial charge in [0.1, 0.15) is 0 Å². The molecule has 0 amide bonds. The number of benzene rings is 2. The van der Waals surface area contributed by atoms with E-state index in [4.69, 9.17) is 14.6 Å². The Morgan fingerprint density at radius 2 is 1.70 bits per heavy atom. The molecular formula is C20H18N4O2S. The van der Waals surface area contributed by atoms with Crippen LogP contribution in [0.15, 0.2) is 65.8 Å². The molecule has 0 atom stereocenters. The van der Waals surface area contributed by atoms with Gasteiger partial charge >= 0.3 is 0 Å². The summed E-state index contributed by atoms with van der Waals surface area (Å²) in [7, 11) is 3.24. The normalized spacial score (nSPS) is 10.9. The molecule has 2 aromatic carbocycles. The number of hydrogen-bond donors (Lipinski definition) is 0. The molecule has 0 fully saturated rings. The van der Waals surface area contributed by atoms with Crippen molar-refractivity contribution in [3.05, 3.63) is 66.2 Å². The van der Waals surface area contributed by atoms with Gasteiger partial charge in [-0.05, 0) is 35.9 Å². The molecule has 0 aliphatic heterocycles. The minimum absolute atomic E-state index is 0.666. The van der Waals surface area contributed by atoms with Crippen molar-refractivity contribution in [3.63, 3.8) is 0 Å². The molecule has 0 saturated carbocycles. The molecule has 0 aliphatic rings. The average Bonchev–Trinajstić information content (AvgIpc) is 3.14. The predicted molar refractivity (Wildman–Crippen MR) is 105 cm³/mol. The van der Waals surface area contributed by atoms with Gasteiger partial charge in [0.05, 0.1) is 19.9 Å². The van der Waals surface area contributed by atoms with Gasteiger partial charge in [-0.15, -0.1) is 10.2 Å². The molecule has 27 heavy (non-hydrogen) atoms. The summed E-state index contributed by atoms with van der Waals surface area (Å²) in [5.41, 5.74) is 3.69. The third kappa shape index (κ3) is 3.59. The number of aromatic nitrogens is 4. The molecule has 0 aliphatic carbocycles. The first-order chi connectivity index (χ1) is 13.3. The highest BCUT2D eigenvalue weighted by Crippen LogP contribution is 2.32. The molecule has 7 heteroatoms. The van der Waals surface area contributed by atoms with E-state index < -0.39 is 0 Å². The third-order valence-corrected chi connectivity index (χ3v) is 5.11. The lowest BCUT2D eigenvalue weighted by atomic mass is 10.1. The monoisotopic (exact) mass is 378 g/mol. The van der Waals surface area contributed by atoms with Crippen LogP contribution in [-0.4, -0.2) is 34.0 Å². The van der Waals surface area contributed by atoms with Crippen molar-refractivity contribution in [2.45, 2.75) is 10.9 Å². The summed E-state index contributed by atoms with van der Waals surface area (Å²) >= 11 is 1.61. The minimum Gasteiger partial charge on any atom is -0.493 e. The predicted octanol–water partition coefficient (Wildman–Crippen LogP) is 4.10. The van der Waals surface area contributed by atoms with Crippen LogP contribution in [0.2, 0.25) is 0 Å². The van der Waals surface area contributed by atoms with Crippen LogP contribution < -0.4 is 9.47 Å². The second kappa shape index (κ2) is 7.67. The Labute approximate surface area is 161 Å². The van der Waals surface area contributed by atoms with E-state index in [0.29, 0.717) is 11.5 Å². The quantitative estimate of drug-likeness (QED) is 0.471. The van der Waals surface area contributed by atoms with Gasteiger partial charge in [-0.3, -0.25) is 0 Å². The molecule has 136 valence electrons. The highest BCUT2D eigenvalue weighted by atomic mass is 32.2. The van der Waals surface area contributed by atoms with Crippen molar-refractivity contribution in [3.8, 4) is 22.8 Å². The highest BCUT2D eigenvalue weighted by Gasteiger charge is 2.11. The van der Waals surface area contributed by atoms with E-state index in [1.807, 2.05) is 48.5 Å². The van der Waals surface area contributed by atoms with Gasteiger partial charge in [0.25, 0.3) is 0 Å². The first-order valence-corrected chi connectivity index (χ1v) is 9.38. The van der Waals surface area contributed by atoms with Crippen molar-refractivity contribution >= 4 is 17.4 Å². The first kappa shape index (κ1) is 17.4. The SMILES string of the molecule is COc1ccc(-c2ccc3nnc(SCc4ccccc4)n3n2)cc1OC. The molecule has 0 bridgehead atoms. The number of hydrogen-bond acceptors (Lipinski definition) is 6. The Balaban J connectivity index is 1.65. The largest absolute Gasteiger partial charge is 0.493 e. The number of thioether (sulfide) groups is 1. The maximum absolute atomic E-state index is 5.39. The number of rotatable bonds is 6. The Hall–Kier alpha value is -3.06. The van der Waals surface area contributed by atoms with Crippen LogP contribution >= 0.6 is 11.8 Å². The molecule has 0 N–H and O–H groups in total. The van der Waals surface area contributed by atoms with E-state index >= 15 is 0 Å². The average molecular weight is 378 g/mol. The fraction of sp³-hybridized carbons (Fsp3) is 0.150. The molecular weight excluding hydrogens is 360 g/mol. The van der Waals surface area contributed by atoms with Crippen molar-refractivity contribution in [2.75, 3.05) is 14.2 Å². The third-order valence-electron chi connectivity index (χ3n) is 4.12. The van der Waals surface area contributed by atoms with Gasteiger partial charge in [0.2, 0.25) is 5.16 Å². The van der Waals surface area contributed by atoms with Crippen molar-refractivity contribution in [2.24, 2.45) is 0 Å². The van der Waals surface area contributed by atoms with Gasteiger partial charge in [-0.2, -0.15) is 9.61 Å². The molecule has 0 radical (unpaired) electrons. The second-order valence-electron chi connectivity index (χ2n) is 5.82. The smallest absolute Gasteiger partial charge is 0.212 e. The summed E-state index contributed by atoms with van der Waals surface area (Å²) in [6.45, 7) is 0. The van der Waals surface area contributed by atoms with E-state index in [-0.39, 0.29) is 0 Å². The molecule has 4 aromatic rings. The van der Waals surface area contributed by atoms with Crippen molar-refractivity contribution in [1.29, 1.82) is 0 Å². The molecule has 2 aromatic heterocycles. The van der Waals surface area contributed by atoms with Gasteiger partial charge in [-0.1, -0.05) is 42.1 Å². The van der Waals surface area contributed by atoms with E-state index in [1.54, 1.807) is 30.5 Å². The molecule has 4 rings (SSSR count). The molecule has 0 spiro atoms. The van der Waals surface area contributed by atoms with Crippen LogP contribution in [0.1, 0.15) is 5.56 Å². The first-order valence-electron chi connectivity index (χ1n) is 8.40. The maximum atomic E-state index is 5.39. The molecule has 2 heterocycles. The Bertz CT molecular complexity index is 1070. The molecule has 0 unspecified atom stereocenters. The Morgan fingerprint density at radius 3 is 2.48 bits per heavy atom. The fourth-order valence-electron chi connectivity index (χ4n) is 2.73. The van der Waals surface area contributed by atoms with Gasteiger partial charge in [0, 0.05) is 11.3 Å². The van der Waals surface area contributed by atoms with Crippen LogP contribution in [0.25, 0.3) is 16.9 Å². The van der Waals surface area contributed by atoms with Gasteiger partial charge in [-0.25, -0.2) is 0 Å². The zero-order valence-corrected chi connectivity index (χ0v) is 15.8. The van der Waals surface area contributed by atoms with Gasteiger partial charge in [0.15, 0.2) is 17.1 Å². The van der Waals surface area contributed by atoms with E-state index in [0.717, 1.165) is 27.8 Å². The number of ether oxygens (including phenoxy) is 2. The summed E-state index contributed by atoms with van der Waals surface area (Å²) in [5, 5.41) is 14.0. The van der Waals surface area contributed by atoms with Gasteiger partial charge < -0.3 is 9.47 Å². The topological polar surface area (TPSA) is 61.5 Å². The zero-order valence-electron chi connectivity index (χ0n) is 15.0. The number of nitrogens with zero attached hydrogens (tertiary/aromatic N) is 4. The van der Waals surface area contributed by atoms with E-state index in [9.17, 15) is 0 Å². The summed E-state index contributed by atoms with van der Waals surface area (Å²) < 4.78 is 12.5. The molecule has 0 saturated heterocycles. The Kier molecular flexibility index (Phi) is 4.93. The summed E-state index contributed by atoms with van der Waals surface area (Å²) in [5.74, 6) is 2.16. The lowest BCUT2D eigenvalue weighted by Gasteiger charge is -2.09.